The molecule has 3 aromatic rings. The van der Waals surface area contributed by atoms with Gasteiger partial charge >= 0.3 is 0 Å². The number of anilines is 1. The minimum absolute atomic E-state index is 0.0339. The summed E-state index contributed by atoms with van der Waals surface area (Å²) in [6.07, 6.45) is 3.23. The van der Waals surface area contributed by atoms with E-state index in [1.165, 1.54) is 30.5 Å². The van der Waals surface area contributed by atoms with Crippen LogP contribution in [0.5, 0.6) is 0 Å². The van der Waals surface area contributed by atoms with E-state index in [4.69, 9.17) is 16.3 Å². The second kappa shape index (κ2) is 8.45. The fourth-order valence-electron chi connectivity index (χ4n) is 3.67. The number of aromatic amines is 1. The van der Waals surface area contributed by atoms with Gasteiger partial charge in [-0.1, -0.05) is 30.7 Å². The standard InChI is InChI=1S/C22H22ClN3O4S/c1-22(9-12-30-13-10-22)15-2-5-17(6-3-15)31(28,29)26-19-7-4-16(23)14-18(19)21(27)20-8-11-24-25-20/h2-8,11,14,26H,9-10,12-13H2,1H3,(H,24,25). The molecule has 2 heterocycles. The zero-order chi connectivity index (χ0) is 22.1. The van der Waals surface area contributed by atoms with Crippen LogP contribution in [0.4, 0.5) is 5.69 Å². The first-order valence-electron chi connectivity index (χ1n) is 9.83. The molecule has 1 aliphatic rings. The average molecular weight is 460 g/mol. The number of ketones is 1. The van der Waals surface area contributed by atoms with E-state index in [1.807, 2.05) is 12.1 Å². The molecule has 2 N–H and O–H groups in total. The number of carbonyl (C=O) groups is 1. The Kier molecular flexibility index (Phi) is 5.88. The van der Waals surface area contributed by atoms with Gasteiger partial charge in [-0.05, 0) is 60.2 Å². The highest BCUT2D eigenvalue weighted by Gasteiger charge is 2.29. The second-order valence-corrected chi connectivity index (χ2v) is 9.91. The van der Waals surface area contributed by atoms with E-state index in [9.17, 15) is 13.2 Å². The van der Waals surface area contributed by atoms with Gasteiger partial charge in [-0.15, -0.1) is 0 Å². The number of hydrogen-bond acceptors (Lipinski definition) is 5. The van der Waals surface area contributed by atoms with Gasteiger partial charge in [-0.2, -0.15) is 5.10 Å². The molecule has 31 heavy (non-hydrogen) atoms. The summed E-state index contributed by atoms with van der Waals surface area (Å²) in [4.78, 5) is 12.9. The number of carbonyl (C=O) groups excluding carboxylic acids is 1. The summed E-state index contributed by atoms with van der Waals surface area (Å²) in [6.45, 7) is 3.56. The van der Waals surface area contributed by atoms with Crippen molar-refractivity contribution in [2.45, 2.75) is 30.1 Å². The van der Waals surface area contributed by atoms with Gasteiger partial charge in [0.25, 0.3) is 10.0 Å². The first-order valence-corrected chi connectivity index (χ1v) is 11.7. The van der Waals surface area contributed by atoms with Crippen molar-refractivity contribution in [1.29, 1.82) is 0 Å². The molecule has 0 atom stereocenters. The number of sulfonamides is 1. The van der Waals surface area contributed by atoms with Crippen LogP contribution in [0.15, 0.2) is 59.6 Å². The van der Waals surface area contributed by atoms with Crippen LogP contribution in [0.3, 0.4) is 0 Å². The topological polar surface area (TPSA) is 101 Å². The number of rotatable bonds is 6. The predicted molar refractivity (Wildman–Crippen MR) is 118 cm³/mol. The molecule has 1 aromatic heterocycles. The summed E-state index contributed by atoms with van der Waals surface area (Å²) in [5.74, 6) is -0.416. The number of ether oxygens (including phenoxy) is 1. The van der Waals surface area contributed by atoms with Crippen molar-refractivity contribution in [1.82, 2.24) is 10.2 Å². The van der Waals surface area contributed by atoms with Crippen LogP contribution in [-0.4, -0.2) is 37.6 Å². The molecule has 7 nitrogen and oxygen atoms in total. The maximum absolute atomic E-state index is 13.0. The fourth-order valence-corrected chi connectivity index (χ4v) is 4.92. The first-order chi connectivity index (χ1) is 14.8. The van der Waals surface area contributed by atoms with E-state index in [1.54, 1.807) is 12.1 Å². The summed E-state index contributed by atoms with van der Waals surface area (Å²) >= 11 is 6.05. The number of hydrogen-bond donors (Lipinski definition) is 2. The monoisotopic (exact) mass is 459 g/mol. The molecular weight excluding hydrogens is 438 g/mol. The lowest BCUT2D eigenvalue weighted by molar-refractivity contribution is 0.0564. The van der Waals surface area contributed by atoms with E-state index < -0.39 is 15.8 Å². The highest BCUT2D eigenvalue weighted by atomic mass is 35.5. The lowest BCUT2D eigenvalue weighted by atomic mass is 9.76. The quantitative estimate of drug-likeness (QED) is 0.539. The Morgan fingerprint density at radius 1 is 1.13 bits per heavy atom. The van der Waals surface area contributed by atoms with Crippen LogP contribution in [0.25, 0.3) is 0 Å². The number of nitrogens with zero attached hydrogens (tertiary/aromatic N) is 1. The molecule has 1 aliphatic heterocycles. The molecule has 1 saturated heterocycles. The Bertz CT molecular complexity index is 1190. The molecule has 9 heteroatoms. The average Bonchev–Trinajstić information content (AvgIpc) is 3.30. The molecule has 1 fully saturated rings. The zero-order valence-electron chi connectivity index (χ0n) is 16.9. The molecule has 0 amide bonds. The second-order valence-electron chi connectivity index (χ2n) is 7.79. The predicted octanol–water partition coefficient (Wildman–Crippen LogP) is 4.16. The molecule has 4 rings (SSSR count). The SMILES string of the molecule is CC1(c2ccc(S(=O)(=O)Nc3ccc(Cl)cc3C(=O)c3ccn[nH]3)cc2)CCOCC1. The zero-order valence-corrected chi connectivity index (χ0v) is 18.5. The fraction of sp³-hybridized carbons (Fsp3) is 0.273. The van der Waals surface area contributed by atoms with Gasteiger partial charge in [0, 0.05) is 30.0 Å². The summed E-state index contributed by atoms with van der Waals surface area (Å²) in [7, 11) is -3.91. The molecule has 0 bridgehead atoms. The summed E-state index contributed by atoms with van der Waals surface area (Å²) < 4.78 is 34.0. The molecule has 0 spiro atoms. The van der Waals surface area contributed by atoms with Gasteiger partial charge < -0.3 is 4.74 Å². The van der Waals surface area contributed by atoms with E-state index in [2.05, 4.69) is 21.8 Å². The normalized spacial score (nSPS) is 16.1. The summed E-state index contributed by atoms with van der Waals surface area (Å²) in [6, 6.07) is 12.8. The molecule has 0 saturated carbocycles. The third-order valence-electron chi connectivity index (χ3n) is 5.67. The maximum Gasteiger partial charge on any atom is 0.261 e. The summed E-state index contributed by atoms with van der Waals surface area (Å²) in [5.41, 5.74) is 1.55. The lowest BCUT2D eigenvalue weighted by Gasteiger charge is -2.34. The molecule has 0 aliphatic carbocycles. The number of nitrogens with one attached hydrogen (secondary N) is 2. The van der Waals surface area contributed by atoms with Gasteiger partial charge in [0.2, 0.25) is 5.78 Å². The Balaban J connectivity index is 1.61. The number of halogens is 1. The molecule has 0 radical (unpaired) electrons. The third-order valence-corrected chi connectivity index (χ3v) is 7.29. The van der Waals surface area contributed by atoms with Crippen molar-refractivity contribution in [2.75, 3.05) is 17.9 Å². The van der Waals surface area contributed by atoms with Gasteiger partial charge in [-0.3, -0.25) is 14.6 Å². The first kappa shape index (κ1) is 21.5. The largest absolute Gasteiger partial charge is 0.381 e. The van der Waals surface area contributed by atoms with E-state index in [0.29, 0.717) is 18.2 Å². The van der Waals surface area contributed by atoms with Crippen LogP contribution in [0.1, 0.15) is 41.4 Å². The van der Waals surface area contributed by atoms with Crippen molar-refractivity contribution in [3.8, 4) is 0 Å². The van der Waals surface area contributed by atoms with Crippen LogP contribution >= 0.6 is 11.6 Å². The van der Waals surface area contributed by atoms with Crippen molar-refractivity contribution >= 4 is 33.1 Å². The van der Waals surface area contributed by atoms with Gasteiger partial charge in [-0.25, -0.2) is 8.42 Å². The van der Waals surface area contributed by atoms with E-state index in [-0.39, 0.29) is 27.3 Å². The number of aromatic nitrogens is 2. The van der Waals surface area contributed by atoms with Crippen molar-refractivity contribution < 1.29 is 17.9 Å². The van der Waals surface area contributed by atoms with E-state index >= 15 is 0 Å². The highest BCUT2D eigenvalue weighted by Crippen LogP contribution is 2.35. The summed E-state index contributed by atoms with van der Waals surface area (Å²) in [5, 5.41) is 6.68. The Morgan fingerprint density at radius 2 is 1.84 bits per heavy atom. The van der Waals surface area contributed by atoms with Crippen LogP contribution in [0.2, 0.25) is 5.02 Å². The highest BCUT2D eigenvalue weighted by molar-refractivity contribution is 7.92. The molecule has 0 unspecified atom stereocenters. The Hall–Kier alpha value is -2.68. The molecular formula is C22H22ClN3O4S. The van der Waals surface area contributed by atoms with Crippen molar-refractivity contribution in [2.24, 2.45) is 0 Å². The minimum Gasteiger partial charge on any atom is -0.381 e. The molecule has 2 aromatic carbocycles. The third kappa shape index (κ3) is 4.51. The minimum atomic E-state index is -3.91. The molecule has 162 valence electrons. The van der Waals surface area contributed by atoms with Crippen LogP contribution in [-0.2, 0) is 20.2 Å². The van der Waals surface area contributed by atoms with Gasteiger partial charge in [0.1, 0.15) is 5.69 Å². The van der Waals surface area contributed by atoms with Crippen molar-refractivity contribution in [3.05, 3.63) is 76.6 Å². The van der Waals surface area contributed by atoms with Crippen LogP contribution < -0.4 is 4.72 Å². The number of benzene rings is 2. The Morgan fingerprint density at radius 3 is 2.48 bits per heavy atom. The number of H-pyrrole nitrogens is 1. The Labute approximate surface area is 185 Å². The smallest absolute Gasteiger partial charge is 0.261 e. The van der Waals surface area contributed by atoms with E-state index in [0.717, 1.165) is 18.4 Å². The van der Waals surface area contributed by atoms with Gasteiger partial charge in [0.15, 0.2) is 0 Å². The van der Waals surface area contributed by atoms with Crippen LogP contribution in [0, 0.1) is 0 Å². The van der Waals surface area contributed by atoms with Gasteiger partial charge in [0.05, 0.1) is 10.6 Å². The maximum atomic E-state index is 13.0. The lowest BCUT2D eigenvalue weighted by Crippen LogP contribution is -2.30. The van der Waals surface area contributed by atoms with Crippen molar-refractivity contribution in [3.63, 3.8) is 0 Å².